The van der Waals surface area contributed by atoms with E-state index in [1.54, 1.807) is 0 Å². The first-order valence-electron chi connectivity index (χ1n) is 9.44. The first-order valence-corrected chi connectivity index (χ1v) is 10.9. The van der Waals surface area contributed by atoms with Crippen LogP contribution in [0.15, 0.2) is 53.4 Å². The molecule has 2 aromatic carbocycles. The molecule has 0 fully saturated rings. The predicted octanol–water partition coefficient (Wildman–Crippen LogP) is 2.33. The molecule has 2 aromatic rings. The monoisotopic (exact) mass is 416 g/mol. The largest absolute Gasteiger partial charge is 0.449 e. The summed E-state index contributed by atoms with van der Waals surface area (Å²) in [6, 6.07) is 13.4. The van der Waals surface area contributed by atoms with Gasteiger partial charge in [-0.1, -0.05) is 30.3 Å². The van der Waals surface area contributed by atoms with Crippen LogP contribution in [-0.2, 0) is 26.0 Å². The van der Waals surface area contributed by atoms with Crippen molar-refractivity contribution in [2.45, 2.75) is 43.2 Å². The number of ether oxygens (including phenoxy) is 1. The molecule has 154 valence electrons. The summed E-state index contributed by atoms with van der Waals surface area (Å²) >= 11 is 0. The average molecular weight is 416 g/mol. The van der Waals surface area contributed by atoms with Crippen molar-refractivity contribution in [1.29, 1.82) is 0 Å². The van der Waals surface area contributed by atoms with Crippen molar-refractivity contribution in [3.8, 4) is 0 Å². The molecule has 0 aliphatic heterocycles. The molecule has 1 aliphatic carbocycles. The maximum Gasteiger partial charge on any atom is 0.338 e. The van der Waals surface area contributed by atoms with Gasteiger partial charge in [0.25, 0.3) is 5.91 Å². The Kier molecular flexibility index (Phi) is 6.34. The summed E-state index contributed by atoms with van der Waals surface area (Å²) in [7, 11) is -2.40. The van der Waals surface area contributed by atoms with Gasteiger partial charge in [0.2, 0.25) is 10.0 Å². The van der Waals surface area contributed by atoms with Gasteiger partial charge in [0.15, 0.2) is 6.10 Å². The topological polar surface area (TPSA) is 102 Å². The molecule has 0 bridgehead atoms. The standard InChI is InChI=1S/C21H24N2O5S/c1-14(20(24)23-19-12-6-8-15-7-3-4-11-18(15)19)28-21(25)16-9-5-10-17(13-16)29(26,27)22-2/h3-5,7,9-11,13-14,19,22H,6,8,12H2,1-2H3,(H,23,24)/t14-,19+/m0/s1. The highest BCUT2D eigenvalue weighted by molar-refractivity contribution is 7.89. The van der Waals surface area contributed by atoms with Crippen LogP contribution >= 0.6 is 0 Å². The third kappa shape index (κ3) is 4.83. The van der Waals surface area contributed by atoms with E-state index in [9.17, 15) is 18.0 Å². The van der Waals surface area contributed by atoms with Crippen molar-refractivity contribution in [2.75, 3.05) is 7.05 Å². The number of amides is 1. The molecule has 0 saturated carbocycles. The lowest BCUT2D eigenvalue weighted by Crippen LogP contribution is -2.39. The highest BCUT2D eigenvalue weighted by Gasteiger charge is 2.26. The van der Waals surface area contributed by atoms with E-state index in [2.05, 4.69) is 16.1 Å². The molecule has 1 amide bonds. The first kappa shape index (κ1) is 21.0. The van der Waals surface area contributed by atoms with E-state index in [1.165, 1.54) is 43.8 Å². The van der Waals surface area contributed by atoms with Crippen molar-refractivity contribution in [3.63, 3.8) is 0 Å². The third-order valence-corrected chi connectivity index (χ3v) is 6.40. The fraction of sp³-hybridized carbons (Fsp3) is 0.333. The van der Waals surface area contributed by atoms with Gasteiger partial charge in [-0.2, -0.15) is 0 Å². The van der Waals surface area contributed by atoms with Crippen LogP contribution in [0.2, 0.25) is 0 Å². The summed E-state index contributed by atoms with van der Waals surface area (Å²) in [4.78, 5) is 24.9. The van der Waals surface area contributed by atoms with E-state index < -0.39 is 22.1 Å². The summed E-state index contributed by atoms with van der Waals surface area (Å²) in [6.45, 7) is 1.50. The van der Waals surface area contributed by atoms with E-state index in [0.29, 0.717) is 0 Å². The number of rotatable bonds is 6. The number of carbonyl (C=O) groups is 2. The van der Waals surface area contributed by atoms with Crippen LogP contribution in [0.25, 0.3) is 0 Å². The maximum atomic E-state index is 12.6. The number of hydrogen-bond donors (Lipinski definition) is 2. The molecule has 0 heterocycles. The van der Waals surface area contributed by atoms with Crippen LogP contribution in [0.1, 0.15) is 47.3 Å². The second-order valence-corrected chi connectivity index (χ2v) is 8.82. The molecule has 0 spiro atoms. The van der Waals surface area contributed by atoms with E-state index in [4.69, 9.17) is 4.74 Å². The summed E-state index contributed by atoms with van der Waals surface area (Å²) in [6.07, 6.45) is 1.77. The lowest BCUT2D eigenvalue weighted by atomic mass is 9.87. The number of hydrogen-bond acceptors (Lipinski definition) is 5. The molecular formula is C21H24N2O5S. The van der Waals surface area contributed by atoms with Crippen LogP contribution < -0.4 is 10.0 Å². The molecule has 2 N–H and O–H groups in total. The summed E-state index contributed by atoms with van der Waals surface area (Å²) in [5, 5.41) is 2.95. The molecule has 8 heteroatoms. The first-order chi connectivity index (χ1) is 13.8. The van der Waals surface area contributed by atoms with Crippen molar-refractivity contribution < 1.29 is 22.7 Å². The number of aryl methyl sites for hydroxylation is 1. The normalized spacial score (nSPS) is 17.1. The van der Waals surface area contributed by atoms with Crippen molar-refractivity contribution in [1.82, 2.24) is 10.0 Å². The zero-order valence-corrected chi connectivity index (χ0v) is 17.2. The highest BCUT2D eigenvalue weighted by atomic mass is 32.2. The zero-order valence-electron chi connectivity index (χ0n) is 16.3. The smallest absolute Gasteiger partial charge is 0.338 e. The quantitative estimate of drug-likeness (QED) is 0.704. The van der Waals surface area contributed by atoms with Crippen molar-refractivity contribution in [3.05, 3.63) is 65.2 Å². The van der Waals surface area contributed by atoms with E-state index in [0.717, 1.165) is 24.8 Å². The Morgan fingerprint density at radius 3 is 2.66 bits per heavy atom. The second-order valence-electron chi connectivity index (χ2n) is 6.94. The molecule has 0 radical (unpaired) electrons. The van der Waals surface area contributed by atoms with Gasteiger partial charge in [-0.25, -0.2) is 17.9 Å². The lowest BCUT2D eigenvalue weighted by Gasteiger charge is -2.27. The molecule has 0 saturated heterocycles. The Morgan fingerprint density at radius 2 is 1.90 bits per heavy atom. The van der Waals surface area contributed by atoms with Gasteiger partial charge in [-0.05, 0) is 62.6 Å². The Labute approximate surface area is 170 Å². The molecule has 0 unspecified atom stereocenters. The van der Waals surface area contributed by atoms with Crippen LogP contribution in [0, 0.1) is 0 Å². The Balaban J connectivity index is 1.66. The van der Waals surface area contributed by atoms with Gasteiger partial charge in [0.05, 0.1) is 16.5 Å². The van der Waals surface area contributed by atoms with Gasteiger partial charge in [-0.3, -0.25) is 4.79 Å². The Morgan fingerprint density at radius 1 is 1.14 bits per heavy atom. The lowest BCUT2D eigenvalue weighted by molar-refractivity contribution is -0.130. The number of benzene rings is 2. The number of carbonyl (C=O) groups excluding carboxylic acids is 2. The van der Waals surface area contributed by atoms with Gasteiger partial charge < -0.3 is 10.1 Å². The maximum absolute atomic E-state index is 12.6. The zero-order chi connectivity index (χ0) is 21.0. The molecular weight excluding hydrogens is 392 g/mol. The summed E-state index contributed by atoms with van der Waals surface area (Å²) in [5.74, 6) is -1.15. The summed E-state index contributed by atoms with van der Waals surface area (Å²) < 4.78 is 31.3. The van der Waals surface area contributed by atoms with Crippen molar-refractivity contribution >= 4 is 21.9 Å². The van der Waals surface area contributed by atoms with Crippen LogP contribution in [0.4, 0.5) is 0 Å². The van der Waals surface area contributed by atoms with Crippen molar-refractivity contribution in [2.24, 2.45) is 0 Å². The highest BCUT2D eigenvalue weighted by Crippen LogP contribution is 2.29. The number of sulfonamides is 1. The van der Waals surface area contributed by atoms with Gasteiger partial charge in [-0.15, -0.1) is 0 Å². The van der Waals surface area contributed by atoms with Gasteiger partial charge in [0.1, 0.15) is 0 Å². The summed E-state index contributed by atoms with van der Waals surface area (Å²) in [5.41, 5.74) is 2.37. The number of fused-ring (bicyclic) bond motifs is 1. The minimum absolute atomic E-state index is 0.0506. The fourth-order valence-corrected chi connectivity index (χ4v) is 4.16. The van der Waals surface area contributed by atoms with Crippen LogP contribution in [0.5, 0.6) is 0 Å². The van der Waals surface area contributed by atoms with E-state index in [-0.39, 0.29) is 22.4 Å². The van der Waals surface area contributed by atoms with E-state index in [1.807, 2.05) is 18.2 Å². The van der Waals surface area contributed by atoms with Gasteiger partial charge >= 0.3 is 5.97 Å². The molecule has 7 nitrogen and oxygen atoms in total. The molecule has 3 rings (SSSR count). The minimum atomic E-state index is -3.68. The second kappa shape index (κ2) is 8.75. The van der Waals surface area contributed by atoms with E-state index >= 15 is 0 Å². The Bertz CT molecular complexity index is 1020. The molecule has 0 aromatic heterocycles. The predicted molar refractivity (Wildman–Crippen MR) is 108 cm³/mol. The number of esters is 1. The third-order valence-electron chi connectivity index (χ3n) is 4.99. The minimum Gasteiger partial charge on any atom is -0.449 e. The van der Waals surface area contributed by atoms with Crippen LogP contribution in [0.3, 0.4) is 0 Å². The fourth-order valence-electron chi connectivity index (χ4n) is 3.38. The SMILES string of the molecule is CNS(=O)(=O)c1cccc(C(=O)O[C@@H](C)C(=O)N[C@@H]2CCCc3ccccc32)c1. The Hall–Kier alpha value is -2.71. The number of nitrogens with one attached hydrogen (secondary N) is 2. The average Bonchev–Trinajstić information content (AvgIpc) is 2.74. The molecule has 29 heavy (non-hydrogen) atoms. The molecule has 2 atom stereocenters. The van der Waals surface area contributed by atoms with Crippen LogP contribution in [-0.4, -0.2) is 33.4 Å². The molecule has 1 aliphatic rings. The van der Waals surface area contributed by atoms with Gasteiger partial charge in [0, 0.05) is 0 Å².